The monoisotopic (exact) mass is 370 g/mol. The molecule has 0 atom stereocenters. The summed E-state index contributed by atoms with van der Waals surface area (Å²) in [5.74, 6) is -0.0331. The van der Waals surface area contributed by atoms with Gasteiger partial charge in [-0.15, -0.1) is 0 Å². The Hall–Kier alpha value is -3.66. The Balaban J connectivity index is 1.80. The fourth-order valence-electron chi connectivity index (χ4n) is 2.96. The van der Waals surface area contributed by atoms with E-state index in [0.29, 0.717) is 22.6 Å². The summed E-state index contributed by atoms with van der Waals surface area (Å²) in [6.45, 7) is 3.92. The summed E-state index contributed by atoms with van der Waals surface area (Å²) in [4.78, 5) is 26.1. The van der Waals surface area contributed by atoms with Gasteiger partial charge in [-0.2, -0.15) is 0 Å². The highest BCUT2D eigenvalue weighted by Gasteiger charge is 2.36. The van der Waals surface area contributed by atoms with Gasteiger partial charge in [-0.25, -0.2) is 0 Å². The molecule has 0 heterocycles. The number of rotatable bonds is 4. The lowest BCUT2D eigenvalue weighted by Crippen LogP contribution is -2.27. The van der Waals surface area contributed by atoms with E-state index in [1.54, 1.807) is 48.5 Å². The summed E-state index contributed by atoms with van der Waals surface area (Å²) in [5, 5.41) is 0. The van der Waals surface area contributed by atoms with E-state index in [9.17, 15) is 9.59 Å². The van der Waals surface area contributed by atoms with Gasteiger partial charge in [0.05, 0.1) is 0 Å². The number of Topliss-reactive ketones (excluding diaryl/α,β-unsaturated/α-hetero) is 2. The number of ketones is 2. The van der Waals surface area contributed by atoms with Crippen molar-refractivity contribution in [2.24, 2.45) is 0 Å². The van der Waals surface area contributed by atoms with Crippen LogP contribution in [-0.4, -0.2) is 11.6 Å². The van der Waals surface area contributed by atoms with E-state index >= 15 is 0 Å². The van der Waals surface area contributed by atoms with Crippen molar-refractivity contribution in [1.82, 2.24) is 0 Å². The van der Waals surface area contributed by atoms with Gasteiger partial charge < -0.3 is 9.47 Å². The maximum Gasteiger partial charge on any atom is 0.233 e. The maximum absolute atomic E-state index is 13.1. The highest BCUT2D eigenvalue weighted by atomic mass is 16.5. The Morgan fingerprint density at radius 2 is 0.893 bits per heavy atom. The van der Waals surface area contributed by atoms with Crippen molar-refractivity contribution in [3.05, 3.63) is 107 Å². The minimum Gasteiger partial charge on any atom is -0.449 e. The summed E-state index contributed by atoms with van der Waals surface area (Å²) >= 11 is 0. The van der Waals surface area contributed by atoms with Crippen LogP contribution in [0, 0.1) is 13.8 Å². The number of hydrogen-bond donors (Lipinski definition) is 0. The molecule has 0 saturated heterocycles. The van der Waals surface area contributed by atoms with E-state index in [1.807, 2.05) is 38.1 Å². The molecular formula is C24H18O4. The Kier molecular flexibility index (Phi) is 4.53. The zero-order chi connectivity index (χ0) is 19.7. The van der Waals surface area contributed by atoms with E-state index in [2.05, 4.69) is 0 Å². The number of aryl methyl sites for hydroxylation is 2. The lowest BCUT2D eigenvalue weighted by Gasteiger charge is -2.21. The molecule has 0 bridgehead atoms. The fraction of sp³-hybridized carbons (Fsp3) is 0.0833. The van der Waals surface area contributed by atoms with E-state index in [4.69, 9.17) is 9.47 Å². The third kappa shape index (κ3) is 3.32. The Morgan fingerprint density at radius 1 is 0.536 bits per heavy atom. The second-order valence-corrected chi connectivity index (χ2v) is 6.69. The van der Waals surface area contributed by atoms with Gasteiger partial charge in [0.2, 0.25) is 23.1 Å². The normalized spacial score (nSPS) is 13.4. The second kappa shape index (κ2) is 7.16. The summed E-state index contributed by atoms with van der Waals surface area (Å²) in [6.07, 6.45) is 0. The zero-order valence-corrected chi connectivity index (χ0v) is 15.6. The van der Waals surface area contributed by atoms with Crippen LogP contribution in [0.5, 0.6) is 11.5 Å². The van der Waals surface area contributed by atoms with E-state index in [0.717, 1.165) is 11.1 Å². The molecule has 1 aliphatic rings. The first-order valence-electron chi connectivity index (χ1n) is 8.94. The standard InChI is InChI=1S/C24H18O4/c1-15-7-11-17(12-8-15)27-23-21(25)19-5-3-4-6-20(19)22(26)24(23)28-18-13-9-16(2)10-14-18/h3-14H,1-2H3. The summed E-state index contributed by atoms with van der Waals surface area (Å²) in [6, 6.07) is 21.2. The van der Waals surface area contributed by atoms with Gasteiger partial charge in [-0.1, -0.05) is 59.7 Å². The van der Waals surface area contributed by atoms with Crippen LogP contribution in [0.15, 0.2) is 84.3 Å². The number of carbonyl (C=O) groups is 2. The number of ether oxygens (including phenoxy) is 2. The van der Waals surface area contributed by atoms with Gasteiger partial charge in [0.1, 0.15) is 11.5 Å². The van der Waals surface area contributed by atoms with Crippen LogP contribution in [0.4, 0.5) is 0 Å². The minimum absolute atomic E-state index is 0.104. The Bertz CT molecular complexity index is 1000. The van der Waals surface area contributed by atoms with Gasteiger partial charge in [0.15, 0.2) is 0 Å². The van der Waals surface area contributed by atoms with Crippen molar-refractivity contribution in [3.63, 3.8) is 0 Å². The fourth-order valence-corrected chi connectivity index (χ4v) is 2.96. The Labute approximate surface area is 163 Å². The molecule has 0 spiro atoms. The lowest BCUT2D eigenvalue weighted by atomic mass is 9.92. The van der Waals surface area contributed by atoms with Crippen molar-refractivity contribution in [2.75, 3.05) is 0 Å². The average molecular weight is 370 g/mol. The average Bonchev–Trinajstić information content (AvgIpc) is 2.71. The van der Waals surface area contributed by atoms with Gasteiger partial charge in [-0.3, -0.25) is 9.59 Å². The molecule has 0 radical (unpaired) electrons. The first kappa shape index (κ1) is 17.7. The van der Waals surface area contributed by atoms with Crippen LogP contribution in [0.1, 0.15) is 31.8 Å². The third-order valence-electron chi connectivity index (χ3n) is 4.52. The summed E-state index contributed by atoms with van der Waals surface area (Å²) < 4.78 is 11.7. The number of hydrogen-bond acceptors (Lipinski definition) is 4. The van der Waals surface area contributed by atoms with Crippen LogP contribution in [0.3, 0.4) is 0 Å². The molecule has 3 aromatic rings. The quantitative estimate of drug-likeness (QED) is 0.645. The summed E-state index contributed by atoms with van der Waals surface area (Å²) in [7, 11) is 0. The molecule has 4 rings (SSSR count). The minimum atomic E-state index is -0.377. The first-order chi connectivity index (χ1) is 13.5. The molecule has 4 heteroatoms. The number of fused-ring (bicyclic) bond motifs is 1. The molecular weight excluding hydrogens is 352 g/mol. The molecule has 0 unspecified atom stereocenters. The van der Waals surface area contributed by atoms with Gasteiger partial charge in [0, 0.05) is 11.1 Å². The van der Waals surface area contributed by atoms with Crippen LogP contribution >= 0.6 is 0 Å². The van der Waals surface area contributed by atoms with Crippen LogP contribution in [0.25, 0.3) is 0 Å². The van der Waals surface area contributed by atoms with E-state index < -0.39 is 0 Å². The summed E-state index contributed by atoms with van der Waals surface area (Å²) in [5.41, 5.74) is 2.75. The van der Waals surface area contributed by atoms with Crippen molar-refractivity contribution in [1.29, 1.82) is 0 Å². The van der Waals surface area contributed by atoms with Crippen molar-refractivity contribution < 1.29 is 19.1 Å². The van der Waals surface area contributed by atoms with Gasteiger partial charge in [0.25, 0.3) is 0 Å². The third-order valence-corrected chi connectivity index (χ3v) is 4.52. The molecule has 1 aliphatic carbocycles. The molecule has 3 aromatic carbocycles. The molecule has 0 N–H and O–H groups in total. The van der Waals surface area contributed by atoms with Crippen LogP contribution < -0.4 is 9.47 Å². The predicted molar refractivity (Wildman–Crippen MR) is 106 cm³/mol. The van der Waals surface area contributed by atoms with E-state index in [1.165, 1.54) is 0 Å². The molecule has 0 aliphatic heterocycles. The molecule has 0 aromatic heterocycles. The molecule has 138 valence electrons. The second-order valence-electron chi connectivity index (χ2n) is 6.69. The largest absolute Gasteiger partial charge is 0.449 e. The van der Waals surface area contributed by atoms with Crippen molar-refractivity contribution in [2.45, 2.75) is 13.8 Å². The molecule has 28 heavy (non-hydrogen) atoms. The smallest absolute Gasteiger partial charge is 0.233 e. The Morgan fingerprint density at radius 3 is 1.25 bits per heavy atom. The first-order valence-corrected chi connectivity index (χ1v) is 8.94. The zero-order valence-electron chi connectivity index (χ0n) is 15.6. The highest BCUT2D eigenvalue weighted by molar-refractivity contribution is 6.25. The number of allylic oxidation sites excluding steroid dienone is 2. The van der Waals surface area contributed by atoms with Gasteiger partial charge >= 0.3 is 0 Å². The van der Waals surface area contributed by atoms with E-state index in [-0.39, 0.29) is 23.1 Å². The molecule has 0 amide bonds. The SMILES string of the molecule is Cc1ccc(OC2=C(Oc3ccc(C)cc3)C(=O)c3ccccc3C2=O)cc1. The van der Waals surface area contributed by atoms with Crippen molar-refractivity contribution >= 4 is 11.6 Å². The topological polar surface area (TPSA) is 52.6 Å². The van der Waals surface area contributed by atoms with Gasteiger partial charge in [-0.05, 0) is 38.1 Å². The van der Waals surface area contributed by atoms with Crippen LogP contribution in [0.2, 0.25) is 0 Å². The highest BCUT2D eigenvalue weighted by Crippen LogP contribution is 2.30. The molecule has 0 saturated carbocycles. The predicted octanol–water partition coefficient (Wildman–Crippen LogP) is 5.05. The molecule has 0 fully saturated rings. The lowest BCUT2D eigenvalue weighted by molar-refractivity contribution is 0.0897. The number of carbonyl (C=O) groups excluding carboxylic acids is 2. The number of benzene rings is 3. The van der Waals surface area contributed by atoms with Crippen molar-refractivity contribution in [3.8, 4) is 11.5 Å². The maximum atomic E-state index is 13.1. The molecule has 4 nitrogen and oxygen atoms in total. The van der Waals surface area contributed by atoms with Crippen LogP contribution in [-0.2, 0) is 0 Å².